The number of piperazine rings is 1. The average molecular weight is 641 g/mol. The van der Waals surface area contributed by atoms with E-state index in [2.05, 4.69) is 25.5 Å². The number of fused-ring (bicyclic) bond motifs is 1. The highest BCUT2D eigenvalue weighted by Crippen LogP contribution is 2.40. The van der Waals surface area contributed by atoms with Gasteiger partial charge in [0.05, 0.1) is 29.5 Å². The monoisotopic (exact) mass is 640 g/mol. The number of aromatic nitrogens is 2. The van der Waals surface area contributed by atoms with E-state index >= 15 is 0 Å². The first-order valence-corrected chi connectivity index (χ1v) is 15.1. The van der Waals surface area contributed by atoms with Crippen molar-refractivity contribution in [1.29, 1.82) is 0 Å². The standard InChI is InChI=1S/C33H39F3N6O4/c1-31(2,3)46-30(44)42-16-14-41(15-17-42)21-11-13-24(26(18-21)45-6)40-29-37-19-22(33(34,35)36)23(39-29)12-10-20-8-7-9-25-27(20)32(4,5)28(43)38-25/h7-9,11,13,18-19H,10,12,14-17H2,1-6H3,(H,38,43)(H,37,39,40). The topological polar surface area (TPSA) is 109 Å². The SMILES string of the molecule is COc1cc(N2CCN(C(=O)OC(C)(C)C)CC2)ccc1Nc1ncc(C(F)(F)F)c(CCc2cccc3c2C(C)(C)C(=O)N3)n1. The van der Waals surface area contributed by atoms with Crippen LogP contribution in [0.1, 0.15) is 57.0 Å². The number of amides is 2. The molecule has 2 aliphatic heterocycles. The first kappa shape index (κ1) is 32.8. The van der Waals surface area contributed by atoms with Crippen LogP contribution in [0, 0.1) is 0 Å². The molecule has 1 aromatic heterocycles. The van der Waals surface area contributed by atoms with Gasteiger partial charge >= 0.3 is 12.3 Å². The fourth-order valence-electron chi connectivity index (χ4n) is 5.77. The maximum Gasteiger partial charge on any atom is 0.419 e. The summed E-state index contributed by atoms with van der Waals surface area (Å²) in [5, 5.41) is 5.88. The van der Waals surface area contributed by atoms with Gasteiger partial charge in [0, 0.05) is 49.8 Å². The number of anilines is 4. The Kier molecular flexibility index (Phi) is 8.80. The summed E-state index contributed by atoms with van der Waals surface area (Å²) in [5.74, 6) is 0.300. The average Bonchev–Trinajstić information content (AvgIpc) is 3.22. The molecule has 3 heterocycles. The molecule has 10 nitrogen and oxygen atoms in total. The molecule has 0 atom stereocenters. The molecule has 2 N–H and O–H groups in total. The summed E-state index contributed by atoms with van der Waals surface area (Å²) >= 11 is 0. The lowest BCUT2D eigenvalue weighted by atomic mass is 9.82. The molecule has 246 valence electrons. The number of benzene rings is 2. The molecule has 2 aromatic carbocycles. The van der Waals surface area contributed by atoms with Gasteiger partial charge in [-0.2, -0.15) is 13.2 Å². The minimum Gasteiger partial charge on any atom is -0.494 e. The second-order valence-corrected chi connectivity index (χ2v) is 12.9. The molecule has 13 heteroatoms. The lowest BCUT2D eigenvalue weighted by Crippen LogP contribution is -2.50. The smallest absolute Gasteiger partial charge is 0.419 e. The quantitative estimate of drug-likeness (QED) is 0.309. The molecular formula is C33H39F3N6O4. The molecule has 0 unspecified atom stereocenters. The number of alkyl halides is 3. The third-order valence-electron chi connectivity index (χ3n) is 8.12. The summed E-state index contributed by atoms with van der Waals surface area (Å²) in [7, 11) is 1.50. The summed E-state index contributed by atoms with van der Waals surface area (Å²) in [4.78, 5) is 37.0. The maximum atomic E-state index is 14.0. The third kappa shape index (κ3) is 6.97. The third-order valence-corrected chi connectivity index (χ3v) is 8.12. The van der Waals surface area contributed by atoms with E-state index in [0.717, 1.165) is 23.0 Å². The maximum absolute atomic E-state index is 14.0. The number of hydrogen-bond acceptors (Lipinski definition) is 8. The van der Waals surface area contributed by atoms with E-state index in [1.807, 2.05) is 39.0 Å². The Morgan fingerprint density at radius 1 is 1.07 bits per heavy atom. The molecule has 1 fully saturated rings. The van der Waals surface area contributed by atoms with Crippen LogP contribution in [0.2, 0.25) is 0 Å². The number of hydrogen-bond donors (Lipinski definition) is 2. The van der Waals surface area contributed by atoms with Gasteiger partial charge in [0.2, 0.25) is 11.9 Å². The van der Waals surface area contributed by atoms with Gasteiger partial charge in [-0.1, -0.05) is 12.1 Å². The van der Waals surface area contributed by atoms with E-state index in [0.29, 0.717) is 43.3 Å². The Morgan fingerprint density at radius 2 is 1.78 bits per heavy atom. The number of nitrogens with zero attached hydrogens (tertiary/aromatic N) is 4. The Morgan fingerprint density at radius 3 is 2.43 bits per heavy atom. The molecule has 0 saturated carbocycles. The van der Waals surface area contributed by atoms with Crippen molar-refractivity contribution in [2.24, 2.45) is 0 Å². The molecule has 0 spiro atoms. The summed E-state index contributed by atoms with van der Waals surface area (Å²) < 4.78 is 53.1. The zero-order valence-corrected chi connectivity index (χ0v) is 26.8. The van der Waals surface area contributed by atoms with Crippen molar-refractivity contribution < 1.29 is 32.2 Å². The van der Waals surface area contributed by atoms with Gasteiger partial charge in [0.25, 0.3) is 0 Å². The van der Waals surface area contributed by atoms with Gasteiger partial charge in [-0.05, 0) is 76.8 Å². The normalized spacial score (nSPS) is 16.2. The van der Waals surface area contributed by atoms with Gasteiger partial charge < -0.3 is 29.9 Å². The van der Waals surface area contributed by atoms with E-state index in [4.69, 9.17) is 9.47 Å². The Balaban J connectivity index is 1.32. The van der Waals surface area contributed by atoms with Crippen LogP contribution >= 0.6 is 0 Å². The lowest BCUT2D eigenvalue weighted by Gasteiger charge is -2.37. The van der Waals surface area contributed by atoms with Gasteiger partial charge in [-0.25, -0.2) is 14.8 Å². The second-order valence-electron chi connectivity index (χ2n) is 12.9. The van der Waals surface area contributed by atoms with E-state index < -0.39 is 22.8 Å². The highest BCUT2D eigenvalue weighted by Gasteiger charge is 2.40. The van der Waals surface area contributed by atoms with Crippen molar-refractivity contribution in [2.75, 3.05) is 48.8 Å². The minimum absolute atomic E-state index is 0.00418. The first-order chi connectivity index (χ1) is 21.6. The summed E-state index contributed by atoms with van der Waals surface area (Å²) in [5.41, 5.74) is 1.16. The molecule has 0 radical (unpaired) electrons. The van der Waals surface area contributed by atoms with Crippen molar-refractivity contribution >= 4 is 35.0 Å². The van der Waals surface area contributed by atoms with E-state index in [1.54, 1.807) is 36.9 Å². The highest BCUT2D eigenvalue weighted by atomic mass is 19.4. The predicted molar refractivity (Wildman–Crippen MR) is 169 cm³/mol. The first-order valence-electron chi connectivity index (χ1n) is 15.1. The molecule has 0 bridgehead atoms. The van der Waals surface area contributed by atoms with Crippen LogP contribution in [0.15, 0.2) is 42.6 Å². The minimum atomic E-state index is -4.64. The van der Waals surface area contributed by atoms with E-state index in [1.165, 1.54) is 7.11 Å². The number of rotatable bonds is 7. The van der Waals surface area contributed by atoms with Crippen LogP contribution in [0.25, 0.3) is 0 Å². The van der Waals surface area contributed by atoms with Crippen LogP contribution in [0.3, 0.4) is 0 Å². The second kappa shape index (κ2) is 12.3. The summed E-state index contributed by atoms with van der Waals surface area (Å²) in [6.45, 7) is 11.3. The number of aryl methyl sites for hydroxylation is 2. The number of nitrogens with one attached hydrogen (secondary N) is 2. The zero-order chi connectivity index (χ0) is 33.4. The molecule has 5 rings (SSSR count). The van der Waals surface area contributed by atoms with Crippen molar-refractivity contribution in [3.05, 3.63) is 65.0 Å². The van der Waals surface area contributed by atoms with Crippen LogP contribution in [0.5, 0.6) is 5.75 Å². The predicted octanol–water partition coefficient (Wildman–Crippen LogP) is 6.32. The molecule has 0 aliphatic carbocycles. The number of ether oxygens (including phenoxy) is 2. The molecular weight excluding hydrogens is 601 g/mol. The number of carbonyl (C=O) groups excluding carboxylic acids is 2. The number of halogens is 3. The van der Waals surface area contributed by atoms with Crippen LogP contribution < -0.4 is 20.3 Å². The van der Waals surface area contributed by atoms with Gasteiger partial charge in [-0.15, -0.1) is 0 Å². The zero-order valence-electron chi connectivity index (χ0n) is 26.8. The lowest BCUT2D eigenvalue weighted by molar-refractivity contribution is -0.138. The van der Waals surface area contributed by atoms with Crippen molar-refractivity contribution in [3.8, 4) is 5.75 Å². The largest absolute Gasteiger partial charge is 0.494 e. The van der Waals surface area contributed by atoms with Crippen molar-refractivity contribution in [1.82, 2.24) is 14.9 Å². The summed E-state index contributed by atoms with van der Waals surface area (Å²) in [6, 6.07) is 10.9. The summed E-state index contributed by atoms with van der Waals surface area (Å²) in [6.07, 6.45) is -3.96. The number of carbonyl (C=O) groups is 2. The van der Waals surface area contributed by atoms with Crippen LogP contribution in [-0.4, -0.2) is 65.8 Å². The fraction of sp³-hybridized carbons (Fsp3) is 0.455. The Labute approximate surface area is 266 Å². The molecule has 3 aromatic rings. The Hall–Kier alpha value is -4.55. The van der Waals surface area contributed by atoms with Gasteiger partial charge in [0.15, 0.2) is 0 Å². The van der Waals surface area contributed by atoms with E-state index in [-0.39, 0.29) is 36.5 Å². The molecule has 46 heavy (non-hydrogen) atoms. The molecule has 2 amide bonds. The van der Waals surface area contributed by atoms with Crippen molar-refractivity contribution in [3.63, 3.8) is 0 Å². The van der Waals surface area contributed by atoms with Crippen LogP contribution in [-0.2, 0) is 34.0 Å². The fourth-order valence-corrected chi connectivity index (χ4v) is 5.77. The Bertz CT molecular complexity index is 1630. The number of methoxy groups -OCH3 is 1. The highest BCUT2D eigenvalue weighted by molar-refractivity contribution is 6.06. The van der Waals surface area contributed by atoms with Crippen LogP contribution in [0.4, 0.5) is 41.0 Å². The molecule has 2 aliphatic rings. The van der Waals surface area contributed by atoms with Crippen molar-refractivity contribution in [2.45, 2.75) is 64.7 Å². The molecule has 1 saturated heterocycles. The van der Waals surface area contributed by atoms with E-state index in [9.17, 15) is 22.8 Å². The van der Waals surface area contributed by atoms with Gasteiger partial charge in [0.1, 0.15) is 11.4 Å². The van der Waals surface area contributed by atoms with Gasteiger partial charge in [-0.3, -0.25) is 4.79 Å².